The molecule has 0 atom stereocenters. The molecule has 0 spiro atoms. The van der Waals surface area contributed by atoms with Gasteiger partial charge in [0.15, 0.2) is 17.0 Å². The van der Waals surface area contributed by atoms with Gasteiger partial charge in [-0.3, -0.25) is 9.48 Å². The van der Waals surface area contributed by atoms with Crippen molar-refractivity contribution in [2.45, 2.75) is 19.4 Å². The number of aromatic nitrogens is 2. The molecule has 1 aromatic carbocycles. The van der Waals surface area contributed by atoms with E-state index in [1.807, 2.05) is 0 Å². The van der Waals surface area contributed by atoms with Gasteiger partial charge in [-0.1, -0.05) is 12.7 Å². The number of amides is 1. The normalized spacial score (nSPS) is 10.9. The summed E-state index contributed by atoms with van der Waals surface area (Å²) in [4.78, 5) is 23.7. The Morgan fingerprint density at radius 2 is 2.12 bits per heavy atom. The topological polar surface area (TPSA) is 103 Å². The van der Waals surface area contributed by atoms with Gasteiger partial charge in [-0.25, -0.2) is 4.79 Å². The molecular weight excluding hydrogens is 338 g/mol. The minimum Gasteiger partial charge on any atom is -0.493 e. The molecule has 138 valence electrons. The second kappa shape index (κ2) is 7.73. The molecule has 0 saturated heterocycles. The molecule has 0 unspecified atom stereocenters. The summed E-state index contributed by atoms with van der Waals surface area (Å²) in [6.45, 7) is 6.93. The number of carbonyl (C=O) groups is 2. The number of carbonyl (C=O) groups excluding carboxylic acids is 1. The zero-order valence-electron chi connectivity index (χ0n) is 14.9. The van der Waals surface area contributed by atoms with Crippen molar-refractivity contribution in [1.82, 2.24) is 9.78 Å². The van der Waals surface area contributed by atoms with Crippen molar-refractivity contribution in [3.8, 4) is 11.5 Å². The molecule has 0 fully saturated rings. The lowest BCUT2D eigenvalue weighted by Gasteiger charge is -2.19. The van der Waals surface area contributed by atoms with Crippen molar-refractivity contribution in [3.63, 3.8) is 0 Å². The number of ether oxygens (including phenoxy) is 2. The van der Waals surface area contributed by atoms with Gasteiger partial charge in [0.05, 0.1) is 19.0 Å². The van der Waals surface area contributed by atoms with E-state index in [1.165, 1.54) is 38.0 Å². The van der Waals surface area contributed by atoms with Crippen LogP contribution in [0.4, 0.5) is 5.69 Å². The summed E-state index contributed by atoms with van der Waals surface area (Å²) in [5.74, 6) is -0.494. The molecule has 0 aliphatic rings. The molecule has 8 heteroatoms. The summed E-state index contributed by atoms with van der Waals surface area (Å²) in [7, 11) is 1.48. The fraction of sp³-hybridized carbons (Fsp3) is 0.278. The van der Waals surface area contributed by atoms with Crippen LogP contribution in [-0.4, -0.2) is 40.5 Å². The number of nitrogens with zero attached hydrogens (tertiary/aromatic N) is 2. The number of carboxylic acid groups (broad SMARTS) is 1. The number of hydrogen-bond acceptors (Lipinski definition) is 5. The molecule has 2 rings (SSSR count). The van der Waals surface area contributed by atoms with Crippen molar-refractivity contribution in [2.75, 3.05) is 19.0 Å². The quantitative estimate of drug-likeness (QED) is 0.702. The second-order valence-electron chi connectivity index (χ2n) is 5.96. The highest BCUT2D eigenvalue weighted by Crippen LogP contribution is 2.28. The molecule has 2 N–H and O–H groups in total. The number of nitrogens with one attached hydrogen (secondary N) is 1. The number of anilines is 1. The largest absolute Gasteiger partial charge is 0.493 e. The summed E-state index contributed by atoms with van der Waals surface area (Å²) >= 11 is 0. The predicted molar refractivity (Wildman–Crippen MR) is 95.8 cm³/mol. The molecule has 0 radical (unpaired) electrons. The van der Waals surface area contributed by atoms with Crippen LogP contribution in [-0.2, 0) is 10.3 Å². The first-order valence-electron chi connectivity index (χ1n) is 7.81. The van der Waals surface area contributed by atoms with Crippen molar-refractivity contribution in [1.29, 1.82) is 0 Å². The van der Waals surface area contributed by atoms with Crippen LogP contribution in [0.1, 0.15) is 24.2 Å². The first-order chi connectivity index (χ1) is 12.3. The summed E-state index contributed by atoms with van der Waals surface area (Å²) in [6.07, 6.45) is 4.46. The van der Waals surface area contributed by atoms with E-state index in [0.29, 0.717) is 29.4 Å². The van der Waals surface area contributed by atoms with E-state index in [-0.39, 0.29) is 5.91 Å². The Morgan fingerprint density at radius 3 is 2.73 bits per heavy atom. The van der Waals surface area contributed by atoms with Gasteiger partial charge in [-0.15, -0.1) is 0 Å². The summed E-state index contributed by atoms with van der Waals surface area (Å²) in [5, 5.41) is 15.9. The van der Waals surface area contributed by atoms with Gasteiger partial charge >= 0.3 is 5.97 Å². The van der Waals surface area contributed by atoms with Crippen molar-refractivity contribution >= 4 is 17.6 Å². The van der Waals surface area contributed by atoms with Crippen molar-refractivity contribution in [3.05, 3.63) is 48.8 Å². The van der Waals surface area contributed by atoms with Gasteiger partial charge in [0.1, 0.15) is 6.61 Å². The zero-order valence-corrected chi connectivity index (χ0v) is 14.9. The van der Waals surface area contributed by atoms with E-state index in [1.54, 1.807) is 24.3 Å². The molecule has 1 heterocycles. The molecule has 0 saturated carbocycles. The van der Waals surface area contributed by atoms with Gasteiger partial charge in [0.25, 0.3) is 5.91 Å². The molecule has 0 bridgehead atoms. The number of benzene rings is 1. The predicted octanol–water partition coefficient (Wildman–Crippen LogP) is 2.53. The molecule has 0 aliphatic carbocycles. The average molecular weight is 359 g/mol. The van der Waals surface area contributed by atoms with E-state index in [4.69, 9.17) is 9.47 Å². The Hall–Kier alpha value is -3.29. The highest BCUT2D eigenvalue weighted by molar-refractivity contribution is 6.04. The lowest BCUT2D eigenvalue weighted by atomic mass is 10.1. The maximum Gasteiger partial charge on any atom is 0.331 e. The second-order valence-corrected chi connectivity index (χ2v) is 5.96. The van der Waals surface area contributed by atoms with Crippen LogP contribution in [0.3, 0.4) is 0 Å². The van der Waals surface area contributed by atoms with Gasteiger partial charge in [-0.05, 0) is 32.0 Å². The van der Waals surface area contributed by atoms with Crippen LogP contribution in [0.5, 0.6) is 11.5 Å². The van der Waals surface area contributed by atoms with E-state index in [0.717, 1.165) is 0 Å². The number of aliphatic carboxylic acids is 1. The molecule has 1 amide bonds. The standard InChI is InChI=1S/C18H21N3O5/c1-5-8-26-14-7-6-12(9-15(14)25-4)16(22)20-13-10-19-21(11-13)18(2,3)17(23)24/h5-7,9-11H,1,8H2,2-4H3,(H,20,22)(H,23,24). The zero-order chi connectivity index (χ0) is 19.3. The summed E-state index contributed by atoms with van der Waals surface area (Å²) in [5.41, 5.74) is -0.482. The Kier molecular flexibility index (Phi) is 5.66. The monoisotopic (exact) mass is 359 g/mol. The minimum absolute atomic E-state index is 0.320. The third-order valence-electron chi connectivity index (χ3n) is 3.72. The number of rotatable bonds is 8. The lowest BCUT2D eigenvalue weighted by molar-refractivity contribution is -0.146. The molecule has 2 aromatic rings. The third-order valence-corrected chi connectivity index (χ3v) is 3.72. The van der Waals surface area contributed by atoms with Crippen molar-refractivity contribution < 1.29 is 24.2 Å². The van der Waals surface area contributed by atoms with E-state index in [2.05, 4.69) is 17.0 Å². The molecule has 0 aliphatic heterocycles. The Labute approximate surface area is 151 Å². The van der Waals surface area contributed by atoms with E-state index >= 15 is 0 Å². The highest BCUT2D eigenvalue weighted by atomic mass is 16.5. The molecular formula is C18H21N3O5. The molecule has 8 nitrogen and oxygen atoms in total. The Bertz CT molecular complexity index is 826. The van der Waals surface area contributed by atoms with Crippen LogP contribution in [0.15, 0.2) is 43.2 Å². The fourth-order valence-corrected chi connectivity index (χ4v) is 2.07. The number of carboxylic acids is 1. The minimum atomic E-state index is -1.23. The fourth-order valence-electron chi connectivity index (χ4n) is 2.07. The maximum absolute atomic E-state index is 12.4. The summed E-state index contributed by atoms with van der Waals surface area (Å²) < 4.78 is 12.0. The van der Waals surface area contributed by atoms with Gasteiger partial charge < -0.3 is 19.9 Å². The Morgan fingerprint density at radius 1 is 1.38 bits per heavy atom. The Balaban J connectivity index is 2.16. The number of hydrogen-bond donors (Lipinski definition) is 2. The van der Waals surface area contributed by atoms with Gasteiger partial charge in [-0.2, -0.15) is 5.10 Å². The smallest absolute Gasteiger partial charge is 0.331 e. The first kappa shape index (κ1) is 19.0. The molecule has 26 heavy (non-hydrogen) atoms. The van der Waals surface area contributed by atoms with E-state index < -0.39 is 11.5 Å². The SMILES string of the molecule is C=CCOc1ccc(C(=O)Nc2cnn(C(C)(C)C(=O)O)c2)cc1OC. The van der Waals surface area contributed by atoms with Gasteiger partial charge in [0.2, 0.25) is 0 Å². The van der Waals surface area contributed by atoms with E-state index in [9.17, 15) is 14.7 Å². The van der Waals surface area contributed by atoms with Crippen LogP contribution < -0.4 is 14.8 Å². The first-order valence-corrected chi connectivity index (χ1v) is 7.81. The summed E-state index contributed by atoms with van der Waals surface area (Å²) in [6, 6.07) is 4.79. The van der Waals surface area contributed by atoms with Crippen LogP contribution in [0.2, 0.25) is 0 Å². The lowest BCUT2D eigenvalue weighted by Crippen LogP contribution is -2.35. The molecule has 1 aromatic heterocycles. The third kappa shape index (κ3) is 4.02. The van der Waals surface area contributed by atoms with Crippen LogP contribution in [0.25, 0.3) is 0 Å². The maximum atomic E-state index is 12.4. The van der Waals surface area contributed by atoms with Crippen molar-refractivity contribution in [2.24, 2.45) is 0 Å². The van der Waals surface area contributed by atoms with Gasteiger partial charge in [0, 0.05) is 11.8 Å². The van der Waals surface area contributed by atoms with Crippen LogP contribution in [0, 0.1) is 0 Å². The highest BCUT2D eigenvalue weighted by Gasteiger charge is 2.30. The van der Waals surface area contributed by atoms with Crippen LogP contribution >= 0.6 is 0 Å². The average Bonchev–Trinajstić information content (AvgIpc) is 3.08. The number of methoxy groups -OCH3 is 1.